The third-order valence-electron chi connectivity index (χ3n) is 6.19. The minimum Gasteiger partial charge on any atom is -0.300 e. The molecular weight excluding hydrogens is 314 g/mol. The number of hydrogen-bond donors (Lipinski definition) is 2. The van der Waals surface area contributed by atoms with Crippen molar-refractivity contribution in [3.05, 3.63) is 35.9 Å². The molecular formula is C20H31N3S. The van der Waals surface area contributed by atoms with Crippen LogP contribution in [-0.4, -0.2) is 48.1 Å². The van der Waals surface area contributed by atoms with Gasteiger partial charge in [-0.05, 0) is 67.6 Å². The summed E-state index contributed by atoms with van der Waals surface area (Å²) in [5.74, 6) is 4.26. The van der Waals surface area contributed by atoms with Gasteiger partial charge in [-0.25, -0.2) is 0 Å². The average Bonchev–Trinajstić information content (AvgIpc) is 3.12. The summed E-state index contributed by atoms with van der Waals surface area (Å²) < 4.78 is 0. The summed E-state index contributed by atoms with van der Waals surface area (Å²) in [4.78, 5) is 2.83. The molecule has 2 N–H and O–H groups in total. The molecule has 0 spiro atoms. The standard InChI is InChI=1S/C20H31N3S/c1-2-5-16(6-3-1)13-18-14-21-22-20(18)17-7-4-10-23(15-17)19-8-11-24-12-9-19/h1-3,5-6,17-22H,4,7-15H2. The largest absolute Gasteiger partial charge is 0.300 e. The second kappa shape index (κ2) is 8.22. The van der Waals surface area contributed by atoms with E-state index in [1.807, 2.05) is 0 Å². The molecule has 3 nitrogen and oxygen atoms in total. The van der Waals surface area contributed by atoms with Crippen LogP contribution in [0.1, 0.15) is 31.2 Å². The average molecular weight is 346 g/mol. The minimum atomic E-state index is 0.631. The molecule has 0 aliphatic carbocycles. The predicted molar refractivity (Wildman–Crippen MR) is 103 cm³/mol. The number of rotatable bonds is 4. The van der Waals surface area contributed by atoms with Crippen molar-refractivity contribution in [1.82, 2.24) is 15.8 Å². The Bertz CT molecular complexity index is 503. The summed E-state index contributed by atoms with van der Waals surface area (Å²) in [7, 11) is 0. The summed E-state index contributed by atoms with van der Waals surface area (Å²) in [5.41, 5.74) is 8.58. The first kappa shape index (κ1) is 16.9. The van der Waals surface area contributed by atoms with E-state index >= 15 is 0 Å². The van der Waals surface area contributed by atoms with E-state index in [4.69, 9.17) is 0 Å². The Kier molecular flexibility index (Phi) is 5.79. The molecule has 0 amide bonds. The van der Waals surface area contributed by atoms with Crippen molar-refractivity contribution >= 4 is 11.8 Å². The summed E-state index contributed by atoms with van der Waals surface area (Å²) >= 11 is 2.14. The van der Waals surface area contributed by atoms with Crippen molar-refractivity contribution in [2.24, 2.45) is 11.8 Å². The Morgan fingerprint density at radius 2 is 1.92 bits per heavy atom. The third kappa shape index (κ3) is 3.98. The van der Waals surface area contributed by atoms with Crippen LogP contribution in [0.4, 0.5) is 0 Å². The fourth-order valence-electron chi connectivity index (χ4n) is 4.89. The van der Waals surface area contributed by atoms with Gasteiger partial charge in [0.1, 0.15) is 0 Å². The molecule has 4 rings (SSSR count). The lowest BCUT2D eigenvalue weighted by Gasteiger charge is -2.42. The van der Waals surface area contributed by atoms with Gasteiger partial charge < -0.3 is 0 Å². The van der Waals surface area contributed by atoms with Crippen LogP contribution < -0.4 is 10.9 Å². The molecule has 3 atom stereocenters. The lowest BCUT2D eigenvalue weighted by molar-refractivity contribution is 0.0931. The summed E-state index contributed by atoms with van der Waals surface area (Å²) in [6.45, 7) is 3.74. The maximum absolute atomic E-state index is 3.64. The monoisotopic (exact) mass is 345 g/mol. The van der Waals surface area contributed by atoms with Gasteiger partial charge in [-0.15, -0.1) is 0 Å². The quantitative estimate of drug-likeness (QED) is 0.877. The van der Waals surface area contributed by atoms with Crippen molar-refractivity contribution in [2.75, 3.05) is 31.1 Å². The van der Waals surface area contributed by atoms with Crippen LogP contribution in [0.5, 0.6) is 0 Å². The predicted octanol–water partition coefficient (Wildman–Crippen LogP) is 2.93. The number of nitrogens with one attached hydrogen (secondary N) is 2. The van der Waals surface area contributed by atoms with Gasteiger partial charge in [0.25, 0.3) is 0 Å². The third-order valence-corrected chi connectivity index (χ3v) is 7.23. The van der Waals surface area contributed by atoms with Gasteiger partial charge in [0.15, 0.2) is 0 Å². The second-order valence-electron chi connectivity index (χ2n) is 7.74. The van der Waals surface area contributed by atoms with Gasteiger partial charge in [0.05, 0.1) is 0 Å². The SMILES string of the molecule is c1ccc(CC2CNNC2C2CCCN(C3CCSCC3)C2)cc1. The number of benzene rings is 1. The normalized spacial score (nSPS) is 32.9. The van der Waals surface area contributed by atoms with Crippen molar-refractivity contribution in [3.8, 4) is 0 Å². The van der Waals surface area contributed by atoms with Gasteiger partial charge in [-0.1, -0.05) is 30.3 Å². The number of hydrogen-bond acceptors (Lipinski definition) is 4. The first-order chi connectivity index (χ1) is 11.9. The Hall–Kier alpha value is -0.550. The van der Waals surface area contributed by atoms with Gasteiger partial charge >= 0.3 is 0 Å². The van der Waals surface area contributed by atoms with Crippen LogP contribution >= 0.6 is 11.8 Å². The molecule has 4 heteroatoms. The Morgan fingerprint density at radius 1 is 1.08 bits per heavy atom. The number of nitrogens with zero attached hydrogens (tertiary/aromatic N) is 1. The van der Waals surface area contributed by atoms with Crippen molar-refractivity contribution in [2.45, 2.75) is 44.2 Å². The molecule has 3 saturated heterocycles. The molecule has 24 heavy (non-hydrogen) atoms. The molecule has 0 aromatic heterocycles. The molecule has 132 valence electrons. The number of likely N-dealkylation sites (tertiary alicyclic amines) is 1. The summed E-state index contributed by atoms with van der Waals surface area (Å²) in [6, 6.07) is 12.5. The Balaban J connectivity index is 1.38. The molecule has 3 unspecified atom stereocenters. The lowest BCUT2D eigenvalue weighted by Crippen LogP contribution is -2.50. The highest BCUT2D eigenvalue weighted by Gasteiger charge is 2.37. The zero-order chi connectivity index (χ0) is 16.2. The number of thioether (sulfide) groups is 1. The first-order valence-electron chi connectivity index (χ1n) is 9.74. The van der Waals surface area contributed by atoms with Crippen LogP contribution in [0.15, 0.2) is 30.3 Å². The van der Waals surface area contributed by atoms with Gasteiger partial charge in [-0.2, -0.15) is 11.8 Å². The Morgan fingerprint density at radius 3 is 2.75 bits per heavy atom. The summed E-state index contributed by atoms with van der Waals surface area (Å²) in [6.07, 6.45) is 6.78. The molecule has 3 fully saturated rings. The molecule has 3 aliphatic rings. The van der Waals surface area contributed by atoms with E-state index in [9.17, 15) is 0 Å². The van der Waals surface area contributed by atoms with Crippen LogP contribution in [-0.2, 0) is 6.42 Å². The van der Waals surface area contributed by atoms with Gasteiger partial charge in [0, 0.05) is 25.2 Å². The first-order valence-corrected chi connectivity index (χ1v) is 10.9. The zero-order valence-electron chi connectivity index (χ0n) is 14.6. The number of hydrazine groups is 1. The van der Waals surface area contributed by atoms with E-state index in [1.54, 1.807) is 0 Å². The van der Waals surface area contributed by atoms with Crippen molar-refractivity contribution < 1.29 is 0 Å². The molecule has 0 bridgehead atoms. The van der Waals surface area contributed by atoms with E-state index in [2.05, 4.69) is 57.8 Å². The topological polar surface area (TPSA) is 27.3 Å². The Labute approximate surface area is 150 Å². The molecule has 3 aliphatic heterocycles. The fourth-order valence-corrected chi connectivity index (χ4v) is 5.97. The van der Waals surface area contributed by atoms with E-state index in [-0.39, 0.29) is 0 Å². The van der Waals surface area contributed by atoms with E-state index in [1.165, 1.54) is 62.3 Å². The van der Waals surface area contributed by atoms with Crippen molar-refractivity contribution in [1.29, 1.82) is 0 Å². The zero-order valence-corrected chi connectivity index (χ0v) is 15.4. The maximum Gasteiger partial charge on any atom is 0.0297 e. The number of piperidine rings is 1. The van der Waals surface area contributed by atoms with Gasteiger partial charge in [0.2, 0.25) is 0 Å². The summed E-state index contributed by atoms with van der Waals surface area (Å²) in [5, 5.41) is 0. The maximum atomic E-state index is 3.64. The highest BCUT2D eigenvalue weighted by molar-refractivity contribution is 7.99. The van der Waals surface area contributed by atoms with Crippen LogP contribution in [0.2, 0.25) is 0 Å². The van der Waals surface area contributed by atoms with Gasteiger partial charge in [-0.3, -0.25) is 15.8 Å². The van der Waals surface area contributed by atoms with Crippen LogP contribution in [0, 0.1) is 11.8 Å². The van der Waals surface area contributed by atoms with Crippen LogP contribution in [0.3, 0.4) is 0 Å². The minimum absolute atomic E-state index is 0.631. The van der Waals surface area contributed by atoms with E-state index < -0.39 is 0 Å². The smallest absolute Gasteiger partial charge is 0.0297 e. The van der Waals surface area contributed by atoms with E-state index in [0.717, 1.165) is 24.4 Å². The fraction of sp³-hybridized carbons (Fsp3) is 0.700. The lowest BCUT2D eigenvalue weighted by atomic mass is 9.81. The van der Waals surface area contributed by atoms with Crippen LogP contribution in [0.25, 0.3) is 0 Å². The molecule has 1 aromatic rings. The molecule has 3 heterocycles. The highest BCUT2D eigenvalue weighted by atomic mass is 32.2. The van der Waals surface area contributed by atoms with Crippen molar-refractivity contribution in [3.63, 3.8) is 0 Å². The highest BCUT2D eigenvalue weighted by Crippen LogP contribution is 2.31. The second-order valence-corrected chi connectivity index (χ2v) is 8.97. The molecule has 1 aromatic carbocycles. The molecule has 0 radical (unpaired) electrons. The molecule has 0 saturated carbocycles. The van der Waals surface area contributed by atoms with E-state index in [0.29, 0.717) is 6.04 Å².